The highest BCUT2D eigenvalue weighted by molar-refractivity contribution is 6.31. The van der Waals surface area contributed by atoms with Crippen molar-refractivity contribution >= 4 is 17.5 Å². The van der Waals surface area contributed by atoms with Gasteiger partial charge in [-0.15, -0.1) is 0 Å². The third kappa shape index (κ3) is 3.93. The van der Waals surface area contributed by atoms with Gasteiger partial charge >= 0.3 is 0 Å². The van der Waals surface area contributed by atoms with Crippen molar-refractivity contribution in [3.05, 3.63) is 58.9 Å². The lowest BCUT2D eigenvalue weighted by Gasteiger charge is -2.35. The van der Waals surface area contributed by atoms with Gasteiger partial charge in [0.25, 0.3) is 5.91 Å². The van der Waals surface area contributed by atoms with Gasteiger partial charge in [-0.2, -0.15) is 0 Å². The number of morpholine rings is 1. The summed E-state index contributed by atoms with van der Waals surface area (Å²) in [7, 11) is 0. The second-order valence-corrected chi connectivity index (χ2v) is 5.90. The topological polar surface area (TPSA) is 57.4 Å². The van der Waals surface area contributed by atoms with Crippen molar-refractivity contribution in [1.82, 2.24) is 15.2 Å². The number of aromatic nitrogens is 1. The summed E-state index contributed by atoms with van der Waals surface area (Å²) in [6.07, 6.45) is 3.43. The van der Waals surface area contributed by atoms with Gasteiger partial charge in [-0.05, 0) is 17.7 Å². The number of carbonyl (C=O) groups excluding carboxylic acids is 1. The molecule has 1 aromatic carbocycles. The van der Waals surface area contributed by atoms with Crippen molar-refractivity contribution in [2.24, 2.45) is 0 Å². The molecule has 0 aliphatic carbocycles. The van der Waals surface area contributed by atoms with Crippen LogP contribution in [-0.2, 0) is 4.74 Å². The SMILES string of the molecule is O=C(NCC(c1ccccc1Cl)N1CCOCC1)c1cc[nH]c1. The van der Waals surface area contributed by atoms with E-state index < -0.39 is 0 Å². The van der Waals surface area contributed by atoms with Crippen LogP contribution >= 0.6 is 11.6 Å². The van der Waals surface area contributed by atoms with Crippen LogP contribution in [0, 0.1) is 0 Å². The van der Waals surface area contributed by atoms with Crippen LogP contribution in [0.5, 0.6) is 0 Å². The van der Waals surface area contributed by atoms with E-state index in [4.69, 9.17) is 16.3 Å². The Morgan fingerprint density at radius 3 is 2.78 bits per heavy atom. The predicted octanol–water partition coefficient (Wildman–Crippen LogP) is 2.47. The first-order valence-electron chi connectivity index (χ1n) is 7.73. The van der Waals surface area contributed by atoms with Gasteiger partial charge in [0.1, 0.15) is 0 Å². The zero-order chi connectivity index (χ0) is 16.1. The highest BCUT2D eigenvalue weighted by atomic mass is 35.5. The molecule has 0 radical (unpaired) electrons. The number of nitrogens with one attached hydrogen (secondary N) is 2. The zero-order valence-corrected chi connectivity index (χ0v) is 13.6. The average molecular weight is 334 g/mol. The average Bonchev–Trinajstić information content (AvgIpc) is 3.12. The molecule has 0 saturated carbocycles. The van der Waals surface area contributed by atoms with Crippen LogP contribution in [0.15, 0.2) is 42.7 Å². The molecule has 2 aromatic rings. The van der Waals surface area contributed by atoms with Gasteiger partial charge in [0.15, 0.2) is 0 Å². The lowest BCUT2D eigenvalue weighted by atomic mass is 10.0. The molecule has 1 aromatic heterocycles. The molecule has 1 aliphatic rings. The molecule has 6 heteroatoms. The van der Waals surface area contributed by atoms with E-state index in [2.05, 4.69) is 15.2 Å². The fraction of sp³-hybridized carbons (Fsp3) is 0.353. The molecule has 5 nitrogen and oxygen atoms in total. The molecule has 2 heterocycles. The minimum atomic E-state index is -0.0865. The molecule has 1 amide bonds. The normalized spacial score (nSPS) is 16.9. The third-order valence-electron chi connectivity index (χ3n) is 4.07. The van der Waals surface area contributed by atoms with E-state index in [0.717, 1.165) is 23.7 Å². The standard InChI is InChI=1S/C17H20ClN3O2/c18-15-4-2-1-3-14(15)16(21-7-9-23-10-8-21)12-20-17(22)13-5-6-19-11-13/h1-6,11,16,19H,7-10,12H2,(H,20,22). The minimum Gasteiger partial charge on any atom is -0.379 e. The number of aromatic amines is 1. The first kappa shape index (κ1) is 16.1. The van der Waals surface area contributed by atoms with E-state index >= 15 is 0 Å². The van der Waals surface area contributed by atoms with E-state index in [0.29, 0.717) is 25.3 Å². The maximum Gasteiger partial charge on any atom is 0.252 e. The number of hydrogen-bond acceptors (Lipinski definition) is 3. The third-order valence-corrected chi connectivity index (χ3v) is 4.41. The summed E-state index contributed by atoms with van der Waals surface area (Å²) >= 11 is 6.38. The number of benzene rings is 1. The van der Waals surface area contributed by atoms with E-state index in [-0.39, 0.29) is 11.9 Å². The maximum absolute atomic E-state index is 12.2. The van der Waals surface area contributed by atoms with Crippen molar-refractivity contribution in [1.29, 1.82) is 0 Å². The Morgan fingerprint density at radius 2 is 2.09 bits per heavy atom. The van der Waals surface area contributed by atoms with Crippen LogP contribution in [0.4, 0.5) is 0 Å². The Bertz CT molecular complexity index is 639. The summed E-state index contributed by atoms with van der Waals surface area (Å²) in [4.78, 5) is 17.4. The van der Waals surface area contributed by atoms with Gasteiger partial charge in [-0.3, -0.25) is 9.69 Å². The van der Waals surface area contributed by atoms with Crippen molar-refractivity contribution in [3.63, 3.8) is 0 Å². The second-order valence-electron chi connectivity index (χ2n) is 5.50. The number of ether oxygens (including phenoxy) is 1. The fourth-order valence-corrected chi connectivity index (χ4v) is 3.09. The summed E-state index contributed by atoms with van der Waals surface area (Å²) in [5.74, 6) is -0.0865. The van der Waals surface area contributed by atoms with E-state index in [1.165, 1.54) is 0 Å². The molecule has 23 heavy (non-hydrogen) atoms. The van der Waals surface area contributed by atoms with Crippen LogP contribution in [0.1, 0.15) is 22.0 Å². The minimum absolute atomic E-state index is 0.0375. The first-order chi connectivity index (χ1) is 11.3. The van der Waals surface area contributed by atoms with Crippen molar-refractivity contribution in [2.45, 2.75) is 6.04 Å². The number of halogens is 1. The van der Waals surface area contributed by atoms with Crippen LogP contribution in [-0.4, -0.2) is 48.6 Å². The van der Waals surface area contributed by atoms with Crippen LogP contribution in [0.25, 0.3) is 0 Å². The van der Waals surface area contributed by atoms with Gasteiger partial charge in [0.05, 0.1) is 24.8 Å². The molecule has 3 rings (SSSR count). The molecule has 122 valence electrons. The number of rotatable bonds is 5. The summed E-state index contributed by atoms with van der Waals surface area (Å²) in [5.41, 5.74) is 1.66. The quantitative estimate of drug-likeness (QED) is 0.883. The smallest absolute Gasteiger partial charge is 0.252 e. The molecule has 1 saturated heterocycles. The van der Waals surface area contributed by atoms with Crippen molar-refractivity contribution in [2.75, 3.05) is 32.8 Å². The van der Waals surface area contributed by atoms with E-state index in [1.54, 1.807) is 18.5 Å². The van der Waals surface area contributed by atoms with Gasteiger partial charge in [0, 0.05) is 37.1 Å². The van der Waals surface area contributed by atoms with Crippen molar-refractivity contribution < 1.29 is 9.53 Å². The molecular formula is C17H20ClN3O2. The highest BCUT2D eigenvalue weighted by Crippen LogP contribution is 2.27. The van der Waals surface area contributed by atoms with E-state index in [1.807, 2.05) is 24.3 Å². The number of H-pyrrole nitrogens is 1. The van der Waals surface area contributed by atoms with Crippen LogP contribution < -0.4 is 5.32 Å². The van der Waals surface area contributed by atoms with Gasteiger partial charge in [0.2, 0.25) is 0 Å². The Hall–Kier alpha value is -1.82. The first-order valence-corrected chi connectivity index (χ1v) is 8.10. The Labute approximate surface area is 140 Å². The summed E-state index contributed by atoms with van der Waals surface area (Å²) in [6.45, 7) is 3.57. The van der Waals surface area contributed by atoms with Crippen LogP contribution in [0.3, 0.4) is 0 Å². The van der Waals surface area contributed by atoms with Crippen LogP contribution in [0.2, 0.25) is 5.02 Å². The molecule has 0 spiro atoms. The number of amides is 1. The lowest BCUT2D eigenvalue weighted by Crippen LogP contribution is -2.43. The summed E-state index contributed by atoms with van der Waals surface area (Å²) < 4.78 is 5.43. The Balaban J connectivity index is 1.75. The van der Waals surface area contributed by atoms with Gasteiger partial charge in [-0.25, -0.2) is 0 Å². The molecule has 1 atom stereocenters. The maximum atomic E-state index is 12.2. The summed E-state index contributed by atoms with van der Waals surface area (Å²) in [5, 5.41) is 3.73. The van der Waals surface area contributed by atoms with Gasteiger partial charge in [-0.1, -0.05) is 29.8 Å². The predicted molar refractivity (Wildman–Crippen MR) is 89.7 cm³/mol. The lowest BCUT2D eigenvalue weighted by molar-refractivity contribution is 0.0162. The van der Waals surface area contributed by atoms with E-state index in [9.17, 15) is 4.79 Å². The Kier molecular flexibility index (Phi) is 5.33. The Morgan fingerprint density at radius 1 is 1.30 bits per heavy atom. The summed E-state index contributed by atoms with van der Waals surface area (Å²) in [6, 6.07) is 9.59. The highest BCUT2D eigenvalue weighted by Gasteiger charge is 2.25. The molecule has 1 aliphatic heterocycles. The zero-order valence-electron chi connectivity index (χ0n) is 12.8. The molecule has 1 unspecified atom stereocenters. The molecular weight excluding hydrogens is 314 g/mol. The van der Waals surface area contributed by atoms with Gasteiger partial charge < -0.3 is 15.0 Å². The number of nitrogens with zero attached hydrogens (tertiary/aromatic N) is 1. The number of hydrogen-bond donors (Lipinski definition) is 2. The van der Waals surface area contributed by atoms with Crippen molar-refractivity contribution in [3.8, 4) is 0 Å². The number of carbonyl (C=O) groups is 1. The molecule has 2 N–H and O–H groups in total. The molecule has 1 fully saturated rings. The largest absolute Gasteiger partial charge is 0.379 e. The monoisotopic (exact) mass is 333 g/mol. The molecule has 0 bridgehead atoms. The fourth-order valence-electron chi connectivity index (χ4n) is 2.83. The second kappa shape index (κ2) is 7.64.